The van der Waals surface area contributed by atoms with Gasteiger partial charge in [-0.2, -0.15) is 5.10 Å². The summed E-state index contributed by atoms with van der Waals surface area (Å²) in [6.07, 6.45) is 1.42. The van der Waals surface area contributed by atoms with Crippen molar-refractivity contribution in [3.05, 3.63) is 41.1 Å². The molecule has 0 amide bonds. The highest BCUT2D eigenvalue weighted by molar-refractivity contribution is 5.94. The van der Waals surface area contributed by atoms with Gasteiger partial charge >= 0.3 is 5.97 Å². The van der Waals surface area contributed by atoms with E-state index >= 15 is 0 Å². The van der Waals surface area contributed by atoms with Gasteiger partial charge < -0.3 is 10.5 Å². The van der Waals surface area contributed by atoms with Gasteiger partial charge in [-0.05, 0) is 37.1 Å². The molecule has 0 spiro atoms. The van der Waals surface area contributed by atoms with E-state index in [0.29, 0.717) is 0 Å². The van der Waals surface area contributed by atoms with Crippen molar-refractivity contribution in [2.45, 2.75) is 13.8 Å². The zero-order valence-electron chi connectivity index (χ0n) is 10.6. The van der Waals surface area contributed by atoms with Crippen molar-refractivity contribution in [1.82, 2.24) is 9.78 Å². The lowest BCUT2D eigenvalue weighted by molar-refractivity contribution is 0.0602. The monoisotopic (exact) mass is 245 g/mol. The fraction of sp³-hybridized carbons (Fsp3) is 0.231. The third kappa shape index (κ3) is 2.07. The molecule has 94 valence electrons. The number of nitrogens with zero attached hydrogens (tertiary/aromatic N) is 2. The first-order chi connectivity index (χ1) is 8.52. The maximum atomic E-state index is 11.5. The highest BCUT2D eigenvalue weighted by atomic mass is 16.5. The normalized spacial score (nSPS) is 10.4. The van der Waals surface area contributed by atoms with E-state index in [-0.39, 0.29) is 11.4 Å². The SMILES string of the molecule is COC(=O)c1cnn(-c2cc(C)cc(C)c2)c1N. The van der Waals surface area contributed by atoms with E-state index in [1.807, 2.05) is 26.0 Å². The summed E-state index contributed by atoms with van der Waals surface area (Å²) in [7, 11) is 1.32. The molecule has 2 aromatic rings. The number of esters is 1. The molecule has 0 atom stereocenters. The molecule has 0 aliphatic carbocycles. The van der Waals surface area contributed by atoms with Crippen LogP contribution in [0.4, 0.5) is 5.82 Å². The number of carbonyl (C=O) groups excluding carboxylic acids is 1. The maximum absolute atomic E-state index is 11.5. The number of hydrogen-bond donors (Lipinski definition) is 1. The molecule has 0 radical (unpaired) electrons. The van der Waals surface area contributed by atoms with Crippen LogP contribution in [-0.4, -0.2) is 22.9 Å². The van der Waals surface area contributed by atoms with Gasteiger partial charge in [-0.15, -0.1) is 0 Å². The molecular formula is C13H15N3O2. The van der Waals surface area contributed by atoms with Crippen LogP contribution in [0.1, 0.15) is 21.5 Å². The Morgan fingerprint density at radius 3 is 2.44 bits per heavy atom. The van der Waals surface area contributed by atoms with Crippen LogP contribution in [-0.2, 0) is 4.74 Å². The zero-order chi connectivity index (χ0) is 13.3. The van der Waals surface area contributed by atoms with E-state index in [0.717, 1.165) is 16.8 Å². The van der Waals surface area contributed by atoms with Gasteiger partial charge in [0.2, 0.25) is 0 Å². The van der Waals surface area contributed by atoms with Gasteiger partial charge in [0.15, 0.2) is 0 Å². The number of anilines is 1. The summed E-state index contributed by atoms with van der Waals surface area (Å²) < 4.78 is 6.18. The Balaban J connectivity index is 2.52. The lowest BCUT2D eigenvalue weighted by atomic mass is 10.1. The highest BCUT2D eigenvalue weighted by Gasteiger charge is 2.16. The van der Waals surface area contributed by atoms with Gasteiger partial charge in [-0.1, -0.05) is 6.07 Å². The molecule has 0 fully saturated rings. The van der Waals surface area contributed by atoms with Crippen molar-refractivity contribution in [1.29, 1.82) is 0 Å². The molecule has 0 aliphatic rings. The van der Waals surface area contributed by atoms with E-state index in [2.05, 4.69) is 15.9 Å². The molecule has 0 saturated heterocycles. The number of hydrogen-bond acceptors (Lipinski definition) is 4. The van der Waals surface area contributed by atoms with Crippen LogP contribution in [0.2, 0.25) is 0 Å². The van der Waals surface area contributed by atoms with Crippen LogP contribution in [0.15, 0.2) is 24.4 Å². The maximum Gasteiger partial charge on any atom is 0.343 e. The molecule has 2 N–H and O–H groups in total. The first-order valence-electron chi connectivity index (χ1n) is 5.53. The number of methoxy groups -OCH3 is 1. The number of aryl methyl sites for hydroxylation is 2. The van der Waals surface area contributed by atoms with Gasteiger partial charge in [0.1, 0.15) is 11.4 Å². The van der Waals surface area contributed by atoms with E-state index < -0.39 is 5.97 Å². The summed E-state index contributed by atoms with van der Waals surface area (Å²) >= 11 is 0. The number of aromatic nitrogens is 2. The fourth-order valence-corrected chi connectivity index (χ4v) is 1.90. The molecule has 0 unspecified atom stereocenters. The van der Waals surface area contributed by atoms with E-state index in [4.69, 9.17) is 5.73 Å². The first kappa shape index (κ1) is 12.2. The van der Waals surface area contributed by atoms with Crippen molar-refractivity contribution in [2.24, 2.45) is 0 Å². The van der Waals surface area contributed by atoms with Gasteiger partial charge in [0, 0.05) is 0 Å². The average Bonchev–Trinajstić information content (AvgIpc) is 2.69. The topological polar surface area (TPSA) is 70.1 Å². The van der Waals surface area contributed by atoms with Crippen LogP contribution in [0.5, 0.6) is 0 Å². The molecule has 0 bridgehead atoms. The predicted octanol–water partition coefficient (Wildman–Crippen LogP) is 1.86. The number of carbonyl (C=O) groups is 1. The van der Waals surface area contributed by atoms with Gasteiger partial charge in [-0.25, -0.2) is 9.48 Å². The first-order valence-corrected chi connectivity index (χ1v) is 5.53. The van der Waals surface area contributed by atoms with Crippen LogP contribution < -0.4 is 5.73 Å². The number of rotatable bonds is 2. The van der Waals surface area contributed by atoms with E-state index in [9.17, 15) is 4.79 Å². The number of nitrogens with two attached hydrogens (primary N) is 1. The summed E-state index contributed by atoms with van der Waals surface area (Å²) in [5.41, 5.74) is 9.24. The van der Waals surface area contributed by atoms with E-state index in [1.54, 1.807) is 0 Å². The predicted molar refractivity (Wildman–Crippen MR) is 68.8 cm³/mol. The molecule has 2 rings (SSSR count). The number of nitrogen functional groups attached to an aromatic ring is 1. The van der Waals surface area contributed by atoms with Crippen LogP contribution >= 0.6 is 0 Å². The quantitative estimate of drug-likeness (QED) is 0.820. The van der Waals surface area contributed by atoms with Gasteiger partial charge in [-0.3, -0.25) is 0 Å². The van der Waals surface area contributed by atoms with Crippen molar-refractivity contribution in [2.75, 3.05) is 12.8 Å². The second-order valence-corrected chi connectivity index (χ2v) is 4.19. The minimum Gasteiger partial charge on any atom is -0.465 e. The lowest BCUT2D eigenvalue weighted by Crippen LogP contribution is -2.07. The molecular weight excluding hydrogens is 230 g/mol. The Labute approximate surface area is 105 Å². The summed E-state index contributed by atoms with van der Waals surface area (Å²) in [5.74, 6) is -0.199. The Morgan fingerprint density at radius 2 is 1.89 bits per heavy atom. The minimum absolute atomic E-state index is 0.275. The number of ether oxygens (including phenoxy) is 1. The summed E-state index contributed by atoms with van der Waals surface area (Å²) in [6, 6.07) is 5.97. The van der Waals surface area contributed by atoms with Crippen molar-refractivity contribution in [3.8, 4) is 5.69 Å². The second kappa shape index (κ2) is 4.52. The Hall–Kier alpha value is -2.30. The average molecular weight is 245 g/mol. The standard InChI is InChI=1S/C13H15N3O2/c1-8-4-9(2)6-10(5-8)16-12(14)11(7-15-16)13(17)18-3/h4-7H,14H2,1-3H3. The van der Waals surface area contributed by atoms with Crippen molar-refractivity contribution in [3.63, 3.8) is 0 Å². The molecule has 1 heterocycles. The van der Waals surface area contributed by atoms with Crippen molar-refractivity contribution >= 4 is 11.8 Å². The number of benzene rings is 1. The lowest BCUT2D eigenvalue weighted by Gasteiger charge is -2.07. The third-order valence-corrected chi connectivity index (χ3v) is 2.66. The summed E-state index contributed by atoms with van der Waals surface area (Å²) in [5, 5.41) is 4.13. The molecule has 0 saturated carbocycles. The summed E-state index contributed by atoms with van der Waals surface area (Å²) in [6.45, 7) is 3.99. The molecule has 18 heavy (non-hydrogen) atoms. The van der Waals surface area contributed by atoms with Crippen LogP contribution in [0.3, 0.4) is 0 Å². The fourth-order valence-electron chi connectivity index (χ4n) is 1.90. The van der Waals surface area contributed by atoms with E-state index in [1.165, 1.54) is 18.0 Å². The Kier molecular flexibility index (Phi) is 3.06. The smallest absolute Gasteiger partial charge is 0.343 e. The van der Waals surface area contributed by atoms with Gasteiger partial charge in [0.05, 0.1) is 19.0 Å². The minimum atomic E-state index is -0.483. The molecule has 1 aromatic heterocycles. The van der Waals surface area contributed by atoms with Crippen LogP contribution in [0, 0.1) is 13.8 Å². The molecule has 5 heteroatoms. The largest absolute Gasteiger partial charge is 0.465 e. The molecule has 1 aromatic carbocycles. The Morgan fingerprint density at radius 1 is 1.28 bits per heavy atom. The molecule has 0 aliphatic heterocycles. The summed E-state index contributed by atoms with van der Waals surface area (Å²) in [4.78, 5) is 11.5. The molecule has 5 nitrogen and oxygen atoms in total. The Bertz CT molecular complexity index is 582. The van der Waals surface area contributed by atoms with Crippen LogP contribution in [0.25, 0.3) is 5.69 Å². The van der Waals surface area contributed by atoms with Gasteiger partial charge in [0.25, 0.3) is 0 Å². The zero-order valence-corrected chi connectivity index (χ0v) is 10.6. The van der Waals surface area contributed by atoms with Crippen molar-refractivity contribution < 1.29 is 9.53 Å². The second-order valence-electron chi connectivity index (χ2n) is 4.19. The highest BCUT2D eigenvalue weighted by Crippen LogP contribution is 2.19. The third-order valence-electron chi connectivity index (χ3n) is 2.66.